The van der Waals surface area contributed by atoms with E-state index in [2.05, 4.69) is 15.3 Å². The van der Waals surface area contributed by atoms with Gasteiger partial charge >= 0.3 is 0 Å². The van der Waals surface area contributed by atoms with Gasteiger partial charge in [0.25, 0.3) is 0 Å². The van der Waals surface area contributed by atoms with Gasteiger partial charge in [-0.25, -0.2) is 9.97 Å². The third-order valence-corrected chi connectivity index (χ3v) is 3.24. The second-order valence-electron chi connectivity index (χ2n) is 4.15. The maximum Gasteiger partial charge on any atom is 0.156 e. The van der Waals surface area contributed by atoms with Crippen LogP contribution in [0.4, 0.5) is 11.5 Å². The summed E-state index contributed by atoms with van der Waals surface area (Å²) in [7, 11) is 0. The van der Waals surface area contributed by atoms with Gasteiger partial charge in [-0.05, 0) is 23.3 Å². The lowest BCUT2D eigenvalue weighted by Gasteiger charge is -2.09. The highest BCUT2D eigenvalue weighted by molar-refractivity contribution is 6.32. The standard InChI is InChI=1S/C13H10ClN3O2/c14-12-11(4-18)13(16-7-15-12)17-10-2-1-8-5-19-6-9(8)3-10/h1-4,7H,5-6H2,(H,15,16,17). The van der Waals surface area contributed by atoms with Gasteiger partial charge in [0, 0.05) is 5.69 Å². The number of carbonyl (C=O) groups excluding carboxylic acids is 1. The second kappa shape index (κ2) is 4.95. The summed E-state index contributed by atoms with van der Waals surface area (Å²) >= 11 is 5.85. The van der Waals surface area contributed by atoms with E-state index in [0.717, 1.165) is 11.3 Å². The molecule has 96 valence electrons. The van der Waals surface area contributed by atoms with E-state index in [4.69, 9.17) is 16.3 Å². The fourth-order valence-electron chi connectivity index (χ4n) is 1.96. The number of hydrogen-bond acceptors (Lipinski definition) is 5. The molecule has 0 saturated carbocycles. The molecular weight excluding hydrogens is 266 g/mol. The molecule has 1 aromatic carbocycles. The molecule has 0 amide bonds. The fourth-order valence-corrected chi connectivity index (χ4v) is 2.14. The zero-order valence-corrected chi connectivity index (χ0v) is 10.6. The Morgan fingerprint density at radius 3 is 2.95 bits per heavy atom. The number of rotatable bonds is 3. The molecule has 0 bridgehead atoms. The summed E-state index contributed by atoms with van der Waals surface area (Å²) in [6.45, 7) is 1.25. The van der Waals surface area contributed by atoms with Crippen molar-refractivity contribution in [1.82, 2.24) is 9.97 Å². The van der Waals surface area contributed by atoms with E-state index in [9.17, 15) is 4.79 Å². The maximum absolute atomic E-state index is 11.0. The number of fused-ring (bicyclic) bond motifs is 1. The third kappa shape index (κ3) is 2.30. The Balaban J connectivity index is 1.93. The molecule has 2 aromatic rings. The molecule has 0 spiro atoms. The molecule has 0 saturated heterocycles. The first kappa shape index (κ1) is 12.1. The zero-order valence-electron chi connectivity index (χ0n) is 9.89. The lowest BCUT2D eigenvalue weighted by molar-refractivity contribution is 0.112. The van der Waals surface area contributed by atoms with E-state index in [0.29, 0.717) is 25.3 Å². The molecule has 19 heavy (non-hydrogen) atoms. The Labute approximate surface area is 114 Å². The molecule has 2 heterocycles. The molecule has 0 aliphatic carbocycles. The van der Waals surface area contributed by atoms with Gasteiger partial charge in [-0.1, -0.05) is 17.7 Å². The van der Waals surface area contributed by atoms with Crippen LogP contribution in [-0.2, 0) is 18.0 Å². The van der Waals surface area contributed by atoms with Crippen LogP contribution in [0.25, 0.3) is 0 Å². The first-order valence-corrected chi connectivity index (χ1v) is 6.08. The highest BCUT2D eigenvalue weighted by atomic mass is 35.5. The average Bonchev–Trinajstić information content (AvgIpc) is 2.86. The summed E-state index contributed by atoms with van der Waals surface area (Å²) in [6, 6.07) is 5.89. The van der Waals surface area contributed by atoms with E-state index in [-0.39, 0.29) is 10.7 Å². The van der Waals surface area contributed by atoms with E-state index in [1.165, 1.54) is 11.9 Å². The van der Waals surface area contributed by atoms with Crippen molar-refractivity contribution in [3.8, 4) is 0 Å². The average molecular weight is 276 g/mol. The number of anilines is 2. The van der Waals surface area contributed by atoms with Gasteiger partial charge in [-0.2, -0.15) is 0 Å². The number of carbonyl (C=O) groups is 1. The lowest BCUT2D eigenvalue weighted by atomic mass is 10.1. The summed E-state index contributed by atoms with van der Waals surface area (Å²) in [5, 5.41) is 3.21. The van der Waals surface area contributed by atoms with Gasteiger partial charge < -0.3 is 10.1 Å². The van der Waals surface area contributed by atoms with Crippen molar-refractivity contribution in [3.05, 3.63) is 46.4 Å². The van der Waals surface area contributed by atoms with Gasteiger partial charge in [-0.15, -0.1) is 0 Å². The van der Waals surface area contributed by atoms with E-state index in [1.807, 2.05) is 18.2 Å². The predicted octanol–water partition coefficient (Wildman–Crippen LogP) is 2.72. The minimum Gasteiger partial charge on any atom is -0.372 e. The van der Waals surface area contributed by atoms with Crippen molar-refractivity contribution in [1.29, 1.82) is 0 Å². The summed E-state index contributed by atoms with van der Waals surface area (Å²) in [6.07, 6.45) is 1.95. The molecule has 1 N–H and O–H groups in total. The summed E-state index contributed by atoms with van der Waals surface area (Å²) in [5.74, 6) is 0.397. The zero-order chi connectivity index (χ0) is 13.2. The molecule has 0 fully saturated rings. The number of hydrogen-bond donors (Lipinski definition) is 1. The van der Waals surface area contributed by atoms with Crippen molar-refractivity contribution in [2.45, 2.75) is 13.2 Å². The molecule has 3 rings (SSSR count). The first-order chi connectivity index (χ1) is 9.28. The van der Waals surface area contributed by atoms with Crippen LogP contribution < -0.4 is 5.32 Å². The largest absolute Gasteiger partial charge is 0.372 e. The van der Waals surface area contributed by atoms with Gasteiger partial charge in [0.05, 0.1) is 18.8 Å². The molecule has 0 atom stereocenters. The summed E-state index contributed by atoms with van der Waals surface area (Å²) < 4.78 is 5.35. The third-order valence-electron chi connectivity index (χ3n) is 2.94. The van der Waals surface area contributed by atoms with Crippen LogP contribution in [0.5, 0.6) is 0 Å². The van der Waals surface area contributed by atoms with Crippen LogP contribution in [0.1, 0.15) is 21.5 Å². The van der Waals surface area contributed by atoms with Crippen LogP contribution in [-0.4, -0.2) is 16.3 Å². The van der Waals surface area contributed by atoms with Crippen LogP contribution >= 0.6 is 11.6 Å². The Bertz CT molecular complexity index is 646. The molecule has 0 radical (unpaired) electrons. The molecule has 6 heteroatoms. The van der Waals surface area contributed by atoms with Crippen LogP contribution in [0.2, 0.25) is 5.15 Å². The predicted molar refractivity (Wildman–Crippen MR) is 70.6 cm³/mol. The Hall–Kier alpha value is -1.98. The Morgan fingerprint density at radius 1 is 1.26 bits per heavy atom. The highest BCUT2D eigenvalue weighted by Crippen LogP contribution is 2.26. The number of aromatic nitrogens is 2. The maximum atomic E-state index is 11.0. The first-order valence-electron chi connectivity index (χ1n) is 5.70. The van der Waals surface area contributed by atoms with Crippen molar-refractivity contribution < 1.29 is 9.53 Å². The molecule has 1 aliphatic heterocycles. The van der Waals surface area contributed by atoms with Crippen molar-refractivity contribution in [2.24, 2.45) is 0 Å². The Morgan fingerprint density at radius 2 is 2.11 bits per heavy atom. The number of benzene rings is 1. The monoisotopic (exact) mass is 275 g/mol. The molecule has 1 aliphatic rings. The van der Waals surface area contributed by atoms with Crippen molar-refractivity contribution in [2.75, 3.05) is 5.32 Å². The van der Waals surface area contributed by atoms with E-state index < -0.39 is 0 Å². The van der Waals surface area contributed by atoms with Crippen molar-refractivity contribution >= 4 is 29.4 Å². The quantitative estimate of drug-likeness (QED) is 0.689. The molecule has 1 aromatic heterocycles. The Kier molecular flexibility index (Phi) is 3.15. The van der Waals surface area contributed by atoms with Crippen LogP contribution in [0.15, 0.2) is 24.5 Å². The van der Waals surface area contributed by atoms with Gasteiger partial charge in [0.1, 0.15) is 17.3 Å². The highest BCUT2D eigenvalue weighted by Gasteiger charge is 2.13. The van der Waals surface area contributed by atoms with Gasteiger partial charge in [-0.3, -0.25) is 4.79 Å². The number of halogens is 1. The smallest absolute Gasteiger partial charge is 0.156 e. The molecule has 0 unspecified atom stereocenters. The molecular formula is C13H10ClN3O2. The van der Waals surface area contributed by atoms with E-state index in [1.54, 1.807) is 0 Å². The fraction of sp³-hybridized carbons (Fsp3) is 0.154. The SMILES string of the molecule is O=Cc1c(Cl)ncnc1Nc1ccc2c(c1)COC2. The van der Waals surface area contributed by atoms with Gasteiger partial charge in [0.2, 0.25) is 0 Å². The van der Waals surface area contributed by atoms with Crippen molar-refractivity contribution in [3.63, 3.8) is 0 Å². The summed E-state index contributed by atoms with van der Waals surface area (Å²) in [5.41, 5.74) is 3.41. The second-order valence-corrected chi connectivity index (χ2v) is 4.50. The number of aldehydes is 1. The van der Waals surface area contributed by atoms with Crippen LogP contribution in [0, 0.1) is 0 Å². The number of nitrogens with zero attached hydrogens (tertiary/aromatic N) is 2. The summed E-state index contributed by atoms with van der Waals surface area (Å²) in [4.78, 5) is 18.8. The number of ether oxygens (including phenoxy) is 1. The minimum absolute atomic E-state index is 0.136. The topological polar surface area (TPSA) is 64.1 Å². The number of nitrogens with one attached hydrogen (secondary N) is 1. The van der Waals surface area contributed by atoms with Crippen LogP contribution in [0.3, 0.4) is 0 Å². The normalized spacial score (nSPS) is 13.1. The van der Waals surface area contributed by atoms with E-state index >= 15 is 0 Å². The van der Waals surface area contributed by atoms with Gasteiger partial charge in [0.15, 0.2) is 6.29 Å². The lowest BCUT2D eigenvalue weighted by Crippen LogP contribution is -2.01. The molecule has 5 nitrogen and oxygen atoms in total. The minimum atomic E-state index is 0.136.